The first kappa shape index (κ1) is 14.9. The van der Waals surface area contributed by atoms with E-state index in [2.05, 4.69) is 15.3 Å². The minimum atomic E-state index is -0.419. The molecule has 0 amide bonds. The number of nitro benzene ring substituents is 1. The van der Waals surface area contributed by atoms with E-state index in [-0.39, 0.29) is 11.7 Å². The zero-order valence-corrected chi connectivity index (χ0v) is 12.9. The lowest BCUT2D eigenvalue weighted by molar-refractivity contribution is -0.384. The van der Waals surface area contributed by atoms with Crippen LogP contribution in [-0.2, 0) is 0 Å². The molecule has 0 aliphatic carbocycles. The second kappa shape index (κ2) is 6.00. The van der Waals surface area contributed by atoms with Gasteiger partial charge in [0.05, 0.1) is 10.4 Å². The Bertz CT molecular complexity index is 877. The zero-order valence-electron chi connectivity index (χ0n) is 12.9. The molecule has 0 unspecified atom stereocenters. The smallest absolute Gasteiger partial charge is 0.270 e. The number of para-hydroxylation sites is 1. The third kappa shape index (κ3) is 3.11. The third-order valence-corrected chi connectivity index (χ3v) is 3.34. The largest absolute Gasteiger partial charge is 0.367 e. The van der Waals surface area contributed by atoms with Gasteiger partial charge in [-0.2, -0.15) is 0 Å². The lowest BCUT2D eigenvalue weighted by atomic mass is 10.1. The third-order valence-electron chi connectivity index (χ3n) is 3.34. The van der Waals surface area contributed by atoms with Gasteiger partial charge in [-0.25, -0.2) is 9.97 Å². The molecular formula is C17H16N4O2. The van der Waals surface area contributed by atoms with Gasteiger partial charge in [0.25, 0.3) is 5.69 Å². The fraction of sp³-hybridized carbons (Fsp3) is 0.176. The summed E-state index contributed by atoms with van der Waals surface area (Å²) in [5.41, 5.74) is 1.45. The first-order valence-electron chi connectivity index (χ1n) is 7.33. The normalized spacial score (nSPS) is 10.9. The molecule has 0 radical (unpaired) electrons. The molecule has 0 saturated heterocycles. The van der Waals surface area contributed by atoms with Crippen LogP contribution in [0.15, 0.2) is 48.5 Å². The fourth-order valence-electron chi connectivity index (χ4n) is 2.35. The van der Waals surface area contributed by atoms with Gasteiger partial charge in [0.1, 0.15) is 5.82 Å². The molecular weight excluding hydrogens is 292 g/mol. The minimum absolute atomic E-state index is 0.0256. The van der Waals surface area contributed by atoms with Gasteiger partial charge < -0.3 is 5.32 Å². The Morgan fingerprint density at radius 2 is 1.87 bits per heavy atom. The van der Waals surface area contributed by atoms with Gasteiger partial charge in [-0.05, 0) is 26.0 Å². The van der Waals surface area contributed by atoms with E-state index < -0.39 is 4.92 Å². The molecule has 0 spiro atoms. The molecule has 0 aliphatic rings. The van der Waals surface area contributed by atoms with Crippen molar-refractivity contribution in [3.8, 4) is 11.4 Å². The number of anilines is 1. The monoisotopic (exact) mass is 308 g/mol. The molecule has 1 N–H and O–H groups in total. The molecule has 0 aliphatic heterocycles. The van der Waals surface area contributed by atoms with Crippen LogP contribution in [0.25, 0.3) is 22.3 Å². The number of fused-ring (bicyclic) bond motifs is 1. The van der Waals surface area contributed by atoms with Crippen LogP contribution in [0, 0.1) is 10.1 Å². The maximum Gasteiger partial charge on any atom is 0.270 e. The van der Waals surface area contributed by atoms with Gasteiger partial charge in [0.15, 0.2) is 5.82 Å². The summed E-state index contributed by atoms with van der Waals surface area (Å²) >= 11 is 0. The van der Waals surface area contributed by atoms with Crippen LogP contribution in [0.3, 0.4) is 0 Å². The zero-order chi connectivity index (χ0) is 16.4. The fourth-order valence-corrected chi connectivity index (χ4v) is 2.35. The molecule has 2 aromatic carbocycles. The number of nitro groups is 1. The Kier molecular flexibility index (Phi) is 3.89. The van der Waals surface area contributed by atoms with Crippen molar-refractivity contribution >= 4 is 22.4 Å². The number of hydrogen-bond acceptors (Lipinski definition) is 5. The number of benzene rings is 2. The summed E-state index contributed by atoms with van der Waals surface area (Å²) in [5.74, 6) is 1.20. The number of rotatable bonds is 4. The predicted octanol–water partition coefficient (Wildman–Crippen LogP) is 4.03. The van der Waals surface area contributed by atoms with E-state index in [0.717, 1.165) is 16.7 Å². The van der Waals surface area contributed by atoms with Crippen molar-refractivity contribution in [2.75, 3.05) is 5.32 Å². The van der Waals surface area contributed by atoms with Crippen molar-refractivity contribution in [1.29, 1.82) is 0 Å². The molecule has 6 heteroatoms. The molecule has 0 atom stereocenters. The highest BCUT2D eigenvalue weighted by molar-refractivity contribution is 5.90. The van der Waals surface area contributed by atoms with Crippen molar-refractivity contribution in [2.24, 2.45) is 0 Å². The topological polar surface area (TPSA) is 81.0 Å². The summed E-state index contributed by atoms with van der Waals surface area (Å²) in [5, 5.41) is 15.2. The maximum atomic E-state index is 11.0. The van der Waals surface area contributed by atoms with Gasteiger partial charge in [0.2, 0.25) is 0 Å². The Hall–Kier alpha value is -3.02. The van der Waals surface area contributed by atoms with Gasteiger partial charge in [-0.15, -0.1) is 0 Å². The summed E-state index contributed by atoms with van der Waals surface area (Å²) in [6.07, 6.45) is 0. The van der Waals surface area contributed by atoms with Crippen molar-refractivity contribution in [3.63, 3.8) is 0 Å². The average Bonchev–Trinajstić information content (AvgIpc) is 2.54. The molecule has 0 bridgehead atoms. The number of aromatic nitrogens is 2. The standard InChI is InChI=1S/C17H16N4O2/c1-11(2)18-17-14-8-3-4-9-15(14)19-16(20-17)12-6-5-7-13(10-12)21(22)23/h3-11H,1-2H3,(H,18,19,20). The first-order chi connectivity index (χ1) is 11.0. The van der Waals surface area contributed by atoms with E-state index in [1.54, 1.807) is 12.1 Å². The van der Waals surface area contributed by atoms with E-state index in [0.29, 0.717) is 11.4 Å². The van der Waals surface area contributed by atoms with Crippen LogP contribution >= 0.6 is 0 Å². The summed E-state index contributed by atoms with van der Waals surface area (Å²) in [6.45, 7) is 4.06. The second-order valence-corrected chi connectivity index (χ2v) is 5.52. The molecule has 3 rings (SSSR count). The second-order valence-electron chi connectivity index (χ2n) is 5.52. The number of hydrogen-bond donors (Lipinski definition) is 1. The van der Waals surface area contributed by atoms with E-state index in [9.17, 15) is 10.1 Å². The van der Waals surface area contributed by atoms with Crippen molar-refractivity contribution < 1.29 is 4.92 Å². The summed E-state index contributed by atoms with van der Waals surface area (Å²) in [7, 11) is 0. The average molecular weight is 308 g/mol. The Balaban J connectivity index is 2.18. The van der Waals surface area contributed by atoms with Gasteiger partial charge in [0, 0.05) is 29.1 Å². The van der Waals surface area contributed by atoms with E-state index in [1.165, 1.54) is 12.1 Å². The molecule has 116 valence electrons. The van der Waals surface area contributed by atoms with Crippen LogP contribution in [0.1, 0.15) is 13.8 Å². The van der Waals surface area contributed by atoms with Crippen molar-refractivity contribution in [3.05, 3.63) is 58.6 Å². The molecule has 0 saturated carbocycles. The highest BCUT2D eigenvalue weighted by atomic mass is 16.6. The minimum Gasteiger partial charge on any atom is -0.367 e. The van der Waals surface area contributed by atoms with E-state index in [1.807, 2.05) is 38.1 Å². The van der Waals surface area contributed by atoms with E-state index in [4.69, 9.17) is 0 Å². The molecule has 1 aromatic heterocycles. The maximum absolute atomic E-state index is 11.0. The predicted molar refractivity (Wildman–Crippen MR) is 90.4 cm³/mol. The first-order valence-corrected chi connectivity index (χ1v) is 7.33. The quantitative estimate of drug-likeness (QED) is 0.581. The highest BCUT2D eigenvalue weighted by Gasteiger charge is 2.12. The highest BCUT2D eigenvalue weighted by Crippen LogP contribution is 2.27. The van der Waals surface area contributed by atoms with Gasteiger partial charge in [-0.3, -0.25) is 10.1 Å². The Morgan fingerprint density at radius 3 is 2.61 bits per heavy atom. The summed E-state index contributed by atoms with van der Waals surface area (Å²) in [4.78, 5) is 19.6. The number of nitrogens with one attached hydrogen (secondary N) is 1. The van der Waals surface area contributed by atoms with Crippen LogP contribution in [-0.4, -0.2) is 20.9 Å². The van der Waals surface area contributed by atoms with Crippen LogP contribution < -0.4 is 5.32 Å². The molecule has 0 fully saturated rings. The summed E-state index contributed by atoms with van der Waals surface area (Å²) < 4.78 is 0. The molecule has 23 heavy (non-hydrogen) atoms. The number of nitrogens with zero attached hydrogens (tertiary/aromatic N) is 3. The van der Waals surface area contributed by atoms with Crippen LogP contribution in [0.5, 0.6) is 0 Å². The van der Waals surface area contributed by atoms with Crippen LogP contribution in [0.4, 0.5) is 11.5 Å². The summed E-state index contributed by atoms with van der Waals surface area (Å²) in [6, 6.07) is 14.3. The van der Waals surface area contributed by atoms with Gasteiger partial charge in [-0.1, -0.05) is 24.3 Å². The molecule has 3 aromatic rings. The van der Waals surface area contributed by atoms with Crippen molar-refractivity contribution in [2.45, 2.75) is 19.9 Å². The van der Waals surface area contributed by atoms with Crippen LogP contribution in [0.2, 0.25) is 0 Å². The lowest BCUT2D eigenvalue weighted by Gasteiger charge is -2.13. The van der Waals surface area contributed by atoms with E-state index >= 15 is 0 Å². The Labute approximate surface area is 133 Å². The van der Waals surface area contributed by atoms with Gasteiger partial charge >= 0.3 is 0 Å². The number of non-ortho nitro benzene ring substituents is 1. The lowest BCUT2D eigenvalue weighted by Crippen LogP contribution is -2.12. The molecule has 6 nitrogen and oxygen atoms in total. The molecule has 1 heterocycles. The SMILES string of the molecule is CC(C)Nc1nc(-c2cccc([N+](=O)[O-])c2)nc2ccccc12. The van der Waals surface area contributed by atoms with Crippen molar-refractivity contribution in [1.82, 2.24) is 9.97 Å². The Morgan fingerprint density at radius 1 is 1.09 bits per heavy atom.